The van der Waals surface area contributed by atoms with Gasteiger partial charge in [-0.25, -0.2) is 0 Å². The molecule has 3 heteroatoms. The predicted octanol–water partition coefficient (Wildman–Crippen LogP) is -0.704. The number of nitrogens with one attached hydrogen (secondary N) is 2. The summed E-state index contributed by atoms with van der Waals surface area (Å²) in [5.41, 5.74) is 0.0399. The molecule has 52 valence electrons. The van der Waals surface area contributed by atoms with Crippen molar-refractivity contribution in [3.8, 4) is 0 Å². The van der Waals surface area contributed by atoms with Gasteiger partial charge >= 0.3 is 0 Å². The van der Waals surface area contributed by atoms with E-state index in [9.17, 15) is 0 Å². The molecule has 3 nitrogen and oxygen atoms in total. The quantitative estimate of drug-likeness (QED) is 0.452. The zero-order valence-electron chi connectivity index (χ0n) is 5.44. The van der Waals surface area contributed by atoms with E-state index in [0.29, 0.717) is 0 Å². The summed E-state index contributed by atoms with van der Waals surface area (Å²) in [4.78, 5) is 0. The number of ether oxygens (including phenoxy) is 1. The maximum absolute atomic E-state index is 5.53. The molecule has 2 aliphatic heterocycles. The van der Waals surface area contributed by atoms with Crippen LogP contribution in [0.25, 0.3) is 0 Å². The van der Waals surface area contributed by atoms with Crippen LogP contribution in [0, 0.1) is 0 Å². The van der Waals surface area contributed by atoms with E-state index in [1.807, 2.05) is 0 Å². The van der Waals surface area contributed by atoms with Gasteiger partial charge in [-0.3, -0.25) is 5.32 Å². The van der Waals surface area contributed by atoms with Crippen LogP contribution in [0.4, 0.5) is 0 Å². The second-order valence-electron chi connectivity index (χ2n) is 2.73. The standard InChI is InChI=1S/C6H12N2O/c1-2-8-6(9-3-1)4-7-5-6/h7-8H,1-5H2. The van der Waals surface area contributed by atoms with Gasteiger partial charge in [0.1, 0.15) is 5.72 Å². The molecule has 0 aromatic carbocycles. The van der Waals surface area contributed by atoms with Crippen molar-refractivity contribution in [2.75, 3.05) is 26.2 Å². The molecule has 0 bridgehead atoms. The summed E-state index contributed by atoms with van der Waals surface area (Å²) < 4.78 is 5.53. The summed E-state index contributed by atoms with van der Waals surface area (Å²) >= 11 is 0. The molecule has 9 heavy (non-hydrogen) atoms. The second kappa shape index (κ2) is 1.94. The maximum Gasteiger partial charge on any atom is 0.144 e. The van der Waals surface area contributed by atoms with Gasteiger partial charge in [-0.2, -0.15) is 0 Å². The van der Waals surface area contributed by atoms with E-state index in [1.165, 1.54) is 0 Å². The van der Waals surface area contributed by atoms with Gasteiger partial charge in [0.25, 0.3) is 0 Å². The third kappa shape index (κ3) is 0.852. The van der Waals surface area contributed by atoms with Crippen LogP contribution in [-0.2, 0) is 4.74 Å². The fourth-order valence-corrected chi connectivity index (χ4v) is 1.29. The summed E-state index contributed by atoms with van der Waals surface area (Å²) in [6.45, 7) is 4.00. The molecule has 0 radical (unpaired) electrons. The number of rotatable bonds is 0. The molecule has 0 amide bonds. The Bertz CT molecular complexity index is 104. The Labute approximate surface area is 54.8 Å². The Balaban J connectivity index is 1.93. The molecule has 2 N–H and O–H groups in total. The van der Waals surface area contributed by atoms with Crippen LogP contribution in [0.5, 0.6) is 0 Å². The summed E-state index contributed by atoms with van der Waals surface area (Å²) in [6.07, 6.45) is 1.15. The van der Waals surface area contributed by atoms with Crippen molar-refractivity contribution in [2.24, 2.45) is 0 Å². The van der Waals surface area contributed by atoms with E-state index >= 15 is 0 Å². The molecule has 0 unspecified atom stereocenters. The molecule has 2 saturated heterocycles. The van der Waals surface area contributed by atoms with Gasteiger partial charge in [0.2, 0.25) is 0 Å². The summed E-state index contributed by atoms with van der Waals surface area (Å²) in [7, 11) is 0. The van der Waals surface area contributed by atoms with Gasteiger partial charge in [-0.15, -0.1) is 0 Å². The van der Waals surface area contributed by atoms with E-state index in [-0.39, 0.29) is 5.72 Å². The minimum Gasteiger partial charge on any atom is -0.358 e. The molecular formula is C6H12N2O. The van der Waals surface area contributed by atoms with Crippen molar-refractivity contribution >= 4 is 0 Å². The Kier molecular flexibility index (Phi) is 1.22. The van der Waals surface area contributed by atoms with Crippen molar-refractivity contribution in [1.82, 2.24) is 10.6 Å². The average molecular weight is 128 g/mol. The Morgan fingerprint density at radius 2 is 2.22 bits per heavy atom. The molecule has 0 saturated carbocycles. The molecule has 2 rings (SSSR count). The van der Waals surface area contributed by atoms with E-state index in [4.69, 9.17) is 4.74 Å². The van der Waals surface area contributed by atoms with E-state index < -0.39 is 0 Å². The first kappa shape index (κ1) is 5.65. The molecule has 2 fully saturated rings. The first-order chi connectivity index (χ1) is 4.41. The Morgan fingerprint density at radius 1 is 1.33 bits per heavy atom. The van der Waals surface area contributed by atoms with Crippen LogP contribution in [0.2, 0.25) is 0 Å². The monoisotopic (exact) mass is 128 g/mol. The Hall–Kier alpha value is -0.120. The lowest BCUT2D eigenvalue weighted by Crippen LogP contribution is -2.71. The van der Waals surface area contributed by atoms with E-state index in [1.54, 1.807) is 0 Å². The lowest BCUT2D eigenvalue weighted by Gasteiger charge is -2.45. The lowest BCUT2D eigenvalue weighted by atomic mass is 10.1. The highest BCUT2D eigenvalue weighted by molar-refractivity contribution is 4.93. The van der Waals surface area contributed by atoms with Crippen LogP contribution in [0.3, 0.4) is 0 Å². The van der Waals surface area contributed by atoms with Crippen LogP contribution >= 0.6 is 0 Å². The van der Waals surface area contributed by atoms with Gasteiger partial charge in [-0.1, -0.05) is 0 Å². The van der Waals surface area contributed by atoms with Crippen molar-refractivity contribution in [3.63, 3.8) is 0 Å². The van der Waals surface area contributed by atoms with Crippen LogP contribution in [-0.4, -0.2) is 32.0 Å². The molecule has 2 heterocycles. The zero-order valence-corrected chi connectivity index (χ0v) is 5.44. The first-order valence-electron chi connectivity index (χ1n) is 3.51. The van der Waals surface area contributed by atoms with Crippen molar-refractivity contribution in [1.29, 1.82) is 0 Å². The highest BCUT2D eigenvalue weighted by Crippen LogP contribution is 2.15. The van der Waals surface area contributed by atoms with Gasteiger partial charge in [0.05, 0.1) is 6.61 Å². The van der Waals surface area contributed by atoms with E-state index in [0.717, 1.165) is 32.7 Å². The van der Waals surface area contributed by atoms with Gasteiger partial charge in [0.15, 0.2) is 0 Å². The van der Waals surface area contributed by atoms with Gasteiger partial charge in [-0.05, 0) is 6.42 Å². The number of hydrogen-bond acceptors (Lipinski definition) is 3. The molecule has 0 atom stereocenters. The third-order valence-corrected chi connectivity index (χ3v) is 1.97. The van der Waals surface area contributed by atoms with Crippen molar-refractivity contribution in [2.45, 2.75) is 12.1 Å². The maximum atomic E-state index is 5.53. The molecular weight excluding hydrogens is 116 g/mol. The fraction of sp³-hybridized carbons (Fsp3) is 1.00. The molecule has 2 aliphatic rings. The normalized spacial score (nSPS) is 32.0. The minimum absolute atomic E-state index is 0.0399. The van der Waals surface area contributed by atoms with Gasteiger partial charge in [0, 0.05) is 19.6 Å². The van der Waals surface area contributed by atoms with Crippen LogP contribution in [0.15, 0.2) is 0 Å². The average Bonchev–Trinajstić information content (AvgIpc) is 1.87. The fourth-order valence-electron chi connectivity index (χ4n) is 1.29. The predicted molar refractivity (Wildman–Crippen MR) is 34.2 cm³/mol. The van der Waals surface area contributed by atoms with Crippen LogP contribution < -0.4 is 10.6 Å². The van der Waals surface area contributed by atoms with Crippen molar-refractivity contribution in [3.05, 3.63) is 0 Å². The van der Waals surface area contributed by atoms with E-state index in [2.05, 4.69) is 10.6 Å². The highest BCUT2D eigenvalue weighted by atomic mass is 16.5. The zero-order chi connectivity index (χ0) is 6.16. The summed E-state index contributed by atoms with van der Waals surface area (Å²) in [6, 6.07) is 0. The summed E-state index contributed by atoms with van der Waals surface area (Å²) in [5, 5.41) is 6.53. The van der Waals surface area contributed by atoms with Crippen molar-refractivity contribution < 1.29 is 4.74 Å². The molecule has 0 aliphatic carbocycles. The Morgan fingerprint density at radius 3 is 2.56 bits per heavy atom. The SMILES string of the molecule is C1CNC2(CNC2)OC1. The summed E-state index contributed by atoms with van der Waals surface area (Å²) in [5.74, 6) is 0. The van der Waals surface area contributed by atoms with Gasteiger partial charge < -0.3 is 10.1 Å². The topological polar surface area (TPSA) is 33.3 Å². The second-order valence-corrected chi connectivity index (χ2v) is 2.73. The smallest absolute Gasteiger partial charge is 0.144 e. The first-order valence-corrected chi connectivity index (χ1v) is 3.51. The third-order valence-electron chi connectivity index (χ3n) is 1.97. The highest BCUT2D eigenvalue weighted by Gasteiger charge is 2.38. The molecule has 0 aromatic heterocycles. The van der Waals surface area contributed by atoms with Crippen LogP contribution in [0.1, 0.15) is 6.42 Å². The lowest BCUT2D eigenvalue weighted by molar-refractivity contribution is -0.125. The molecule has 1 spiro atoms. The molecule has 0 aromatic rings. The minimum atomic E-state index is 0.0399. The largest absolute Gasteiger partial charge is 0.358 e. The number of hydrogen-bond donors (Lipinski definition) is 2.